The van der Waals surface area contributed by atoms with Gasteiger partial charge < -0.3 is 20.0 Å². The minimum Gasteiger partial charge on any atom is -0.550 e. The van der Waals surface area contributed by atoms with Crippen LogP contribution in [0.3, 0.4) is 0 Å². The van der Waals surface area contributed by atoms with Gasteiger partial charge in [0.1, 0.15) is 5.75 Å². The van der Waals surface area contributed by atoms with E-state index in [9.17, 15) is 32.7 Å². The Morgan fingerprint density at radius 3 is 2.46 bits per heavy atom. The second-order valence-electron chi connectivity index (χ2n) is 9.12. The molecule has 1 unspecified atom stereocenters. The highest BCUT2D eigenvalue weighted by Crippen LogP contribution is 2.22. The van der Waals surface area contributed by atoms with Crippen molar-refractivity contribution >= 4 is 11.8 Å². The first-order valence-corrected chi connectivity index (χ1v) is 12.5. The molecule has 1 heterocycles. The quantitative estimate of drug-likeness (QED) is 0.308. The molecular formula is C27H30F3N4O5-. The maximum atomic E-state index is 13.1. The van der Waals surface area contributed by atoms with E-state index in [1.54, 1.807) is 42.5 Å². The van der Waals surface area contributed by atoms with Gasteiger partial charge in [-0.1, -0.05) is 55.5 Å². The summed E-state index contributed by atoms with van der Waals surface area (Å²) in [6, 6.07) is 15.9. The molecule has 0 saturated heterocycles. The number of hydrogen-bond donors (Lipinski definition) is 1. The number of carboxylic acid groups (broad SMARTS) is 1. The van der Waals surface area contributed by atoms with E-state index in [-0.39, 0.29) is 38.5 Å². The Hall–Kier alpha value is -4.09. The first-order chi connectivity index (χ1) is 18.5. The van der Waals surface area contributed by atoms with Crippen LogP contribution in [0.4, 0.5) is 19.0 Å². The monoisotopic (exact) mass is 547 g/mol. The molecule has 1 aromatic heterocycles. The Labute approximate surface area is 222 Å². The Morgan fingerprint density at radius 2 is 1.77 bits per heavy atom. The van der Waals surface area contributed by atoms with Gasteiger partial charge in [-0.15, -0.1) is 5.10 Å². The summed E-state index contributed by atoms with van der Waals surface area (Å²) in [7, 11) is 0. The zero-order valence-electron chi connectivity index (χ0n) is 21.4. The summed E-state index contributed by atoms with van der Waals surface area (Å²) in [6.45, 7) is 1.37. The van der Waals surface area contributed by atoms with E-state index >= 15 is 0 Å². The molecule has 12 heteroatoms. The fraction of sp³-hybridized carbons (Fsp3) is 0.407. The van der Waals surface area contributed by atoms with Crippen molar-refractivity contribution < 1.29 is 27.8 Å². The molecule has 0 spiro atoms. The summed E-state index contributed by atoms with van der Waals surface area (Å²) in [6.07, 6.45) is -4.76. The van der Waals surface area contributed by atoms with Gasteiger partial charge in [-0.3, -0.25) is 9.36 Å². The molecule has 0 bridgehead atoms. The molecule has 0 saturated carbocycles. The summed E-state index contributed by atoms with van der Waals surface area (Å²) >= 11 is 0. The third-order valence-electron chi connectivity index (χ3n) is 5.91. The Kier molecular flexibility index (Phi) is 10.3. The smallest absolute Gasteiger partial charge is 0.389 e. The average Bonchev–Trinajstić information content (AvgIpc) is 2.90. The van der Waals surface area contributed by atoms with Gasteiger partial charge in [0.25, 0.3) is 5.56 Å². The van der Waals surface area contributed by atoms with Crippen LogP contribution in [0.5, 0.6) is 5.75 Å². The molecule has 210 valence electrons. The number of para-hydroxylation sites is 1. The molecule has 3 rings (SSSR count). The second-order valence-corrected chi connectivity index (χ2v) is 9.12. The van der Waals surface area contributed by atoms with Gasteiger partial charge in [0.2, 0.25) is 5.82 Å². The van der Waals surface area contributed by atoms with Gasteiger partial charge >= 0.3 is 11.9 Å². The van der Waals surface area contributed by atoms with Crippen molar-refractivity contribution in [2.75, 3.05) is 18.5 Å². The van der Waals surface area contributed by atoms with Crippen molar-refractivity contribution in [1.82, 2.24) is 14.3 Å². The fourth-order valence-electron chi connectivity index (χ4n) is 3.77. The second kappa shape index (κ2) is 13.6. The van der Waals surface area contributed by atoms with Gasteiger partial charge in [-0.05, 0) is 36.5 Å². The highest BCUT2D eigenvalue weighted by Gasteiger charge is 2.26. The number of benzene rings is 2. The number of rotatable bonds is 14. The van der Waals surface area contributed by atoms with Gasteiger partial charge in [0.15, 0.2) is 0 Å². The molecule has 1 atom stereocenters. The Morgan fingerprint density at radius 1 is 1.08 bits per heavy atom. The van der Waals surface area contributed by atoms with Crippen molar-refractivity contribution in [1.29, 1.82) is 0 Å². The molecule has 39 heavy (non-hydrogen) atoms. The van der Waals surface area contributed by atoms with Crippen LogP contribution in [0.15, 0.2) is 64.2 Å². The van der Waals surface area contributed by atoms with Crippen LogP contribution in [-0.2, 0) is 24.3 Å². The van der Waals surface area contributed by atoms with Gasteiger partial charge in [-0.2, -0.15) is 13.2 Å². The summed E-state index contributed by atoms with van der Waals surface area (Å²) in [5.74, 6) is -1.59. The number of aliphatic carboxylic acids is 1. The van der Waals surface area contributed by atoms with Crippen molar-refractivity contribution in [3.8, 4) is 5.75 Å². The van der Waals surface area contributed by atoms with Crippen molar-refractivity contribution in [2.24, 2.45) is 5.92 Å². The summed E-state index contributed by atoms with van der Waals surface area (Å²) in [4.78, 5) is 36.9. The number of aromatic nitrogens is 3. The molecule has 0 aliphatic heterocycles. The van der Waals surface area contributed by atoms with Crippen molar-refractivity contribution in [3.63, 3.8) is 0 Å². The summed E-state index contributed by atoms with van der Waals surface area (Å²) < 4.78 is 45.4. The number of alkyl halides is 3. The van der Waals surface area contributed by atoms with Crippen LogP contribution in [0.2, 0.25) is 0 Å². The SMILES string of the molecule is CC(COc1ccccc1CCCNc1nn(CCCC(F)(F)F)c(=O)n(Cc2ccccc2)c1=O)C(=O)[O-]. The highest BCUT2D eigenvalue weighted by molar-refractivity contribution is 5.67. The molecule has 1 N–H and O–H groups in total. The third-order valence-corrected chi connectivity index (χ3v) is 5.91. The van der Waals surface area contributed by atoms with Gasteiger partial charge in [-0.25, -0.2) is 9.48 Å². The molecule has 0 fully saturated rings. The number of halogens is 3. The average molecular weight is 548 g/mol. The number of nitrogens with zero attached hydrogens (tertiary/aromatic N) is 3. The summed E-state index contributed by atoms with van der Waals surface area (Å²) in [5, 5.41) is 17.9. The Bertz CT molecular complexity index is 1360. The molecule has 0 amide bonds. The maximum Gasteiger partial charge on any atom is 0.389 e. The van der Waals surface area contributed by atoms with E-state index in [0.29, 0.717) is 24.2 Å². The lowest BCUT2D eigenvalue weighted by molar-refractivity contribution is -0.311. The standard InChI is InChI=1S/C27H31F3N4O5/c1-19(25(36)37)18-39-22-13-6-5-11-21(22)12-7-15-31-23-24(35)33(17-20-9-3-2-4-10-20)26(38)34(32-23)16-8-14-27(28,29)30/h2-6,9-11,13,19H,7-8,12,14-18H2,1H3,(H,31,32)(H,36,37)/p-1. The lowest BCUT2D eigenvalue weighted by Crippen LogP contribution is -2.43. The molecule has 3 aromatic rings. The van der Waals surface area contributed by atoms with Crippen LogP contribution in [0.1, 0.15) is 37.3 Å². The molecule has 2 aromatic carbocycles. The predicted octanol–water partition coefficient (Wildman–Crippen LogP) is 2.61. The number of carbonyl (C=O) groups excluding carboxylic acids is 1. The first-order valence-electron chi connectivity index (χ1n) is 12.5. The number of ether oxygens (including phenoxy) is 1. The van der Waals surface area contributed by atoms with E-state index in [2.05, 4.69) is 10.4 Å². The van der Waals surface area contributed by atoms with Crippen molar-refractivity contribution in [2.45, 2.75) is 51.9 Å². The van der Waals surface area contributed by atoms with Crippen LogP contribution in [0, 0.1) is 5.92 Å². The third kappa shape index (κ3) is 9.01. The number of aryl methyl sites for hydroxylation is 2. The summed E-state index contributed by atoms with van der Waals surface area (Å²) in [5.41, 5.74) is 0.0566. The van der Waals surface area contributed by atoms with E-state index in [0.717, 1.165) is 14.8 Å². The van der Waals surface area contributed by atoms with E-state index in [1.807, 2.05) is 12.1 Å². The predicted molar refractivity (Wildman–Crippen MR) is 137 cm³/mol. The largest absolute Gasteiger partial charge is 0.550 e. The number of hydrogen-bond acceptors (Lipinski definition) is 7. The van der Waals surface area contributed by atoms with Gasteiger partial charge in [0.05, 0.1) is 13.2 Å². The Balaban J connectivity index is 1.72. The van der Waals surface area contributed by atoms with Crippen LogP contribution < -0.4 is 26.4 Å². The number of carboxylic acids is 1. The molecule has 9 nitrogen and oxygen atoms in total. The van der Waals surface area contributed by atoms with Crippen LogP contribution in [-0.4, -0.2) is 39.6 Å². The number of carbonyl (C=O) groups is 1. The normalized spacial score (nSPS) is 12.2. The van der Waals surface area contributed by atoms with Gasteiger partial charge in [0, 0.05) is 31.4 Å². The van der Waals surface area contributed by atoms with Crippen LogP contribution in [0.25, 0.3) is 0 Å². The minimum absolute atomic E-state index is 0.0433. The lowest BCUT2D eigenvalue weighted by atomic mass is 10.1. The first kappa shape index (κ1) is 29.5. The molecule has 0 radical (unpaired) electrons. The highest BCUT2D eigenvalue weighted by atomic mass is 19.4. The molecule has 0 aliphatic rings. The van der Waals surface area contributed by atoms with E-state index in [4.69, 9.17) is 4.74 Å². The maximum absolute atomic E-state index is 13.1. The lowest BCUT2D eigenvalue weighted by Gasteiger charge is -2.16. The zero-order valence-corrected chi connectivity index (χ0v) is 21.4. The minimum atomic E-state index is -4.37. The number of nitrogens with one attached hydrogen (secondary N) is 1. The molecular weight excluding hydrogens is 517 g/mol. The fourth-order valence-corrected chi connectivity index (χ4v) is 3.77. The topological polar surface area (TPSA) is 118 Å². The van der Waals surface area contributed by atoms with E-state index < -0.39 is 35.7 Å². The molecule has 0 aliphatic carbocycles. The number of anilines is 1. The van der Waals surface area contributed by atoms with Crippen molar-refractivity contribution in [3.05, 3.63) is 86.6 Å². The van der Waals surface area contributed by atoms with Crippen LogP contribution >= 0.6 is 0 Å². The zero-order chi connectivity index (χ0) is 28.4. The van der Waals surface area contributed by atoms with E-state index in [1.165, 1.54) is 6.92 Å².